The Morgan fingerprint density at radius 2 is 1.53 bits per heavy atom. The van der Waals surface area contributed by atoms with E-state index < -0.39 is 23.4 Å². The summed E-state index contributed by atoms with van der Waals surface area (Å²) in [5, 5.41) is 11.3. The van der Waals surface area contributed by atoms with E-state index in [9.17, 15) is 14.7 Å². The van der Waals surface area contributed by atoms with E-state index in [4.69, 9.17) is 15.2 Å². The Labute approximate surface area is 176 Å². The van der Waals surface area contributed by atoms with E-state index in [2.05, 4.69) is 4.99 Å². The van der Waals surface area contributed by atoms with Gasteiger partial charge >= 0.3 is 12.2 Å². The van der Waals surface area contributed by atoms with Crippen LogP contribution in [0.1, 0.15) is 47.1 Å². The fourth-order valence-corrected chi connectivity index (χ4v) is 2.56. The quantitative estimate of drug-likeness (QED) is 0.550. The van der Waals surface area contributed by atoms with Gasteiger partial charge in [-0.25, -0.2) is 14.5 Å². The van der Waals surface area contributed by atoms with Crippen molar-refractivity contribution in [3.8, 4) is 5.75 Å². The molecule has 0 heterocycles. The van der Waals surface area contributed by atoms with Gasteiger partial charge in [-0.05, 0) is 76.1 Å². The second-order valence-electron chi connectivity index (χ2n) is 8.88. The summed E-state index contributed by atoms with van der Waals surface area (Å²) in [7, 11) is 0. The van der Waals surface area contributed by atoms with Crippen LogP contribution in [0.15, 0.2) is 41.4 Å². The Bertz CT molecular complexity index is 971. The summed E-state index contributed by atoms with van der Waals surface area (Å²) in [6.07, 6.45) is -1.64. The van der Waals surface area contributed by atoms with Crippen LogP contribution >= 0.6 is 0 Å². The van der Waals surface area contributed by atoms with Gasteiger partial charge in [-0.15, -0.1) is 4.99 Å². The van der Waals surface area contributed by atoms with Crippen LogP contribution in [-0.4, -0.2) is 39.4 Å². The van der Waals surface area contributed by atoms with E-state index in [1.807, 2.05) is 12.1 Å². The second kappa shape index (κ2) is 8.61. The number of guanidine groups is 1. The number of amides is 2. The van der Waals surface area contributed by atoms with Crippen molar-refractivity contribution in [1.82, 2.24) is 4.90 Å². The second-order valence-corrected chi connectivity index (χ2v) is 8.88. The smallest absolute Gasteiger partial charge is 0.437 e. The molecule has 0 bridgehead atoms. The molecule has 0 aliphatic rings. The Hall–Kier alpha value is -3.29. The van der Waals surface area contributed by atoms with Gasteiger partial charge in [-0.3, -0.25) is 0 Å². The fourth-order valence-electron chi connectivity index (χ4n) is 2.56. The highest BCUT2D eigenvalue weighted by Crippen LogP contribution is 2.22. The monoisotopic (exact) mass is 415 g/mol. The molecule has 0 aromatic heterocycles. The summed E-state index contributed by atoms with van der Waals surface area (Å²) < 4.78 is 10.6. The summed E-state index contributed by atoms with van der Waals surface area (Å²) >= 11 is 0. The van der Waals surface area contributed by atoms with Crippen LogP contribution in [0.3, 0.4) is 0 Å². The van der Waals surface area contributed by atoms with Crippen molar-refractivity contribution in [3.63, 3.8) is 0 Å². The number of phenols is 1. The molecule has 2 rings (SSSR count). The van der Waals surface area contributed by atoms with Crippen LogP contribution in [0.25, 0.3) is 10.8 Å². The molecule has 0 aliphatic heterocycles. The maximum atomic E-state index is 12.7. The molecule has 2 amide bonds. The number of aromatic hydroxyl groups is 1. The van der Waals surface area contributed by atoms with E-state index in [0.29, 0.717) is 0 Å². The van der Waals surface area contributed by atoms with Crippen molar-refractivity contribution < 1.29 is 24.2 Å². The molecule has 0 radical (unpaired) electrons. The molecule has 8 heteroatoms. The molecular weight excluding hydrogens is 386 g/mol. The number of nitrogens with two attached hydrogens (primary N) is 1. The largest absolute Gasteiger partial charge is 0.508 e. The van der Waals surface area contributed by atoms with Gasteiger partial charge in [-0.2, -0.15) is 0 Å². The molecule has 0 spiro atoms. The van der Waals surface area contributed by atoms with Crippen LogP contribution in [0.2, 0.25) is 0 Å². The van der Waals surface area contributed by atoms with Gasteiger partial charge in [0.25, 0.3) is 0 Å². The van der Waals surface area contributed by atoms with Gasteiger partial charge in [0.05, 0.1) is 6.54 Å². The van der Waals surface area contributed by atoms with Gasteiger partial charge in [0.2, 0.25) is 5.96 Å². The normalized spacial score (nSPS) is 12.5. The average molecular weight is 415 g/mol. The molecular formula is C22H29N3O5. The molecule has 0 saturated heterocycles. The lowest BCUT2D eigenvalue weighted by atomic mass is 10.1. The zero-order valence-corrected chi connectivity index (χ0v) is 18.2. The predicted octanol–water partition coefficient (Wildman–Crippen LogP) is 4.53. The molecule has 8 nitrogen and oxygen atoms in total. The molecule has 2 aromatic carbocycles. The Morgan fingerprint density at radius 3 is 2.13 bits per heavy atom. The number of carbonyl (C=O) groups is 2. The topological polar surface area (TPSA) is 114 Å². The zero-order chi connectivity index (χ0) is 22.7. The Kier molecular flexibility index (Phi) is 6.60. The molecule has 0 unspecified atom stereocenters. The van der Waals surface area contributed by atoms with Gasteiger partial charge in [-0.1, -0.05) is 18.2 Å². The maximum Gasteiger partial charge on any atom is 0.437 e. The lowest BCUT2D eigenvalue weighted by Gasteiger charge is -2.27. The highest BCUT2D eigenvalue weighted by atomic mass is 16.6. The number of carbonyl (C=O) groups excluding carboxylic acids is 2. The van der Waals surface area contributed by atoms with Crippen molar-refractivity contribution in [2.75, 3.05) is 0 Å². The third-order valence-electron chi connectivity index (χ3n) is 3.72. The first-order chi connectivity index (χ1) is 13.7. The van der Waals surface area contributed by atoms with Crippen molar-refractivity contribution in [1.29, 1.82) is 0 Å². The fraction of sp³-hybridized carbons (Fsp3) is 0.409. The highest BCUT2D eigenvalue weighted by molar-refractivity contribution is 5.98. The molecule has 0 fully saturated rings. The van der Waals surface area contributed by atoms with Gasteiger partial charge in [0.15, 0.2) is 0 Å². The minimum absolute atomic E-state index is 0.0316. The van der Waals surface area contributed by atoms with E-state index in [1.165, 1.54) is 0 Å². The van der Waals surface area contributed by atoms with Gasteiger partial charge in [0.1, 0.15) is 17.0 Å². The zero-order valence-electron chi connectivity index (χ0n) is 18.2. The number of hydrogen-bond donors (Lipinski definition) is 2. The van der Waals surface area contributed by atoms with Crippen molar-refractivity contribution in [2.45, 2.75) is 59.3 Å². The summed E-state index contributed by atoms with van der Waals surface area (Å²) in [5.74, 6) is -0.163. The van der Waals surface area contributed by atoms with Crippen molar-refractivity contribution in [2.24, 2.45) is 10.7 Å². The SMILES string of the molecule is CC(C)(C)OC(=O)N=C(N)N(Cc1ccc2cc(O)ccc2c1)C(=O)OC(C)(C)C. The van der Waals surface area contributed by atoms with E-state index in [1.54, 1.807) is 65.8 Å². The standard InChI is InChI=1S/C22H29N3O5/c1-21(2,3)29-19(27)24-18(23)25(20(28)30-22(4,5)6)13-14-7-8-16-12-17(26)10-9-15(16)11-14/h7-12,26H,13H2,1-6H3,(H2,23,24,27). The van der Waals surface area contributed by atoms with Gasteiger partial charge in [0, 0.05) is 0 Å². The summed E-state index contributed by atoms with van der Waals surface area (Å²) in [6, 6.07) is 10.5. The number of nitrogens with zero attached hydrogens (tertiary/aromatic N) is 2. The highest BCUT2D eigenvalue weighted by Gasteiger charge is 2.26. The molecule has 0 atom stereocenters. The maximum absolute atomic E-state index is 12.7. The molecule has 30 heavy (non-hydrogen) atoms. The first-order valence-corrected chi connectivity index (χ1v) is 9.53. The van der Waals surface area contributed by atoms with E-state index >= 15 is 0 Å². The third kappa shape index (κ3) is 6.95. The Morgan fingerprint density at radius 1 is 0.967 bits per heavy atom. The molecule has 162 valence electrons. The number of ether oxygens (including phenoxy) is 2. The third-order valence-corrected chi connectivity index (χ3v) is 3.72. The lowest BCUT2D eigenvalue weighted by Crippen LogP contribution is -2.44. The van der Waals surface area contributed by atoms with E-state index in [0.717, 1.165) is 21.2 Å². The molecule has 0 saturated carbocycles. The molecule has 2 aromatic rings. The van der Waals surface area contributed by atoms with Crippen LogP contribution in [0.4, 0.5) is 9.59 Å². The average Bonchev–Trinajstić information content (AvgIpc) is 2.56. The van der Waals surface area contributed by atoms with E-state index in [-0.39, 0.29) is 18.3 Å². The van der Waals surface area contributed by atoms with Crippen LogP contribution in [-0.2, 0) is 16.0 Å². The first kappa shape index (κ1) is 23.0. The summed E-state index contributed by atoms with van der Waals surface area (Å²) in [4.78, 5) is 29.6. The van der Waals surface area contributed by atoms with Gasteiger partial charge < -0.3 is 20.3 Å². The number of rotatable bonds is 2. The Balaban J connectivity index is 2.34. The van der Waals surface area contributed by atoms with Crippen LogP contribution in [0, 0.1) is 0 Å². The summed E-state index contributed by atoms with van der Waals surface area (Å²) in [5.41, 5.74) is 5.21. The van der Waals surface area contributed by atoms with Crippen molar-refractivity contribution in [3.05, 3.63) is 42.0 Å². The predicted molar refractivity (Wildman–Crippen MR) is 115 cm³/mol. The molecule has 0 aliphatic carbocycles. The minimum atomic E-state index is -0.900. The number of benzene rings is 2. The number of fused-ring (bicyclic) bond motifs is 1. The molecule has 3 N–H and O–H groups in total. The first-order valence-electron chi connectivity index (χ1n) is 9.53. The van der Waals surface area contributed by atoms with Crippen molar-refractivity contribution >= 4 is 28.9 Å². The lowest BCUT2D eigenvalue weighted by molar-refractivity contribution is 0.0356. The minimum Gasteiger partial charge on any atom is -0.508 e. The van der Waals surface area contributed by atoms with Crippen LogP contribution in [0.5, 0.6) is 5.75 Å². The number of phenolic OH excluding ortho intramolecular Hbond substituents is 1. The number of hydrogen-bond acceptors (Lipinski definition) is 5. The summed E-state index contributed by atoms with van der Waals surface area (Å²) in [6.45, 7) is 10.3. The van der Waals surface area contributed by atoms with Crippen LogP contribution < -0.4 is 5.73 Å². The number of aliphatic imine (C=N–C) groups is 1.